The van der Waals surface area contributed by atoms with Gasteiger partial charge in [0.25, 0.3) is 5.91 Å². The number of benzene rings is 2. The topological polar surface area (TPSA) is 166 Å². The standard InChI is InChI=1S/C35H43FN4O10/c36-30-6-5-26(24-31-27-3-1-2-4-28(27)32(25-41)38-37-31)23-29(30)35(45)40-11-9-39(10-12-40)33(42)7-13-46-15-17-48-19-21-50-22-20-49-18-16-47-14-8-34(43)44/h1-6,23,38H,7-22,24H2,(H,43,44). The molecule has 2 aromatic rings. The maximum Gasteiger partial charge on any atom is 0.305 e. The van der Waals surface area contributed by atoms with Crippen LogP contribution in [0, 0.1) is 5.82 Å². The maximum absolute atomic E-state index is 14.8. The molecule has 2 aromatic carbocycles. The summed E-state index contributed by atoms with van der Waals surface area (Å²) in [5, 5.41) is 12.8. The fraction of sp³-hybridized carbons (Fsp3) is 0.486. The number of carbonyl (C=O) groups excluding carboxylic acids is 3. The highest BCUT2D eigenvalue weighted by Gasteiger charge is 2.27. The van der Waals surface area contributed by atoms with Crippen LogP contribution in [0.1, 0.15) is 39.9 Å². The Balaban J connectivity index is 1.06. The van der Waals surface area contributed by atoms with Crippen molar-refractivity contribution in [2.24, 2.45) is 5.10 Å². The Morgan fingerprint density at radius 2 is 1.30 bits per heavy atom. The lowest BCUT2D eigenvalue weighted by Crippen LogP contribution is -2.50. The van der Waals surface area contributed by atoms with Gasteiger partial charge in [-0.25, -0.2) is 9.18 Å². The van der Waals surface area contributed by atoms with Crippen molar-refractivity contribution >= 4 is 35.1 Å². The molecule has 2 aliphatic rings. The number of ether oxygens (including phenoxy) is 5. The minimum atomic E-state index is -0.898. The fourth-order valence-electron chi connectivity index (χ4n) is 5.24. The van der Waals surface area contributed by atoms with Gasteiger partial charge in [-0.2, -0.15) is 5.10 Å². The summed E-state index contributed by atoms with van der Waals surface area (Å²) in [4.78, 5) is 50.9. The Kier molecular flexibility index (Phi) is 16.0. The molecule has 4 rings (SSSR count). The summed E-state index contributed by atoms with van der Waals surface area (Å²) in [5.74, 6) is -0.188. The van der Waals surface area contributed by atoms with Crippen LogP contribution in [0.5, 0.6) is 0 Å². The zero-order valence-corrected chi connectivity index (χ0v) is 27.9. The fourth-order valence-corrected chi connectivity index (χ4v) is 5.24. The molecular weight excluding hydrogens is 655 g/mol. The average molecular weight is 699 g/mol. The predicted molar refractivity (Wildman–Crippen MR) is 179 cm³/mol. The number of nitrogens with zero attached hydrogens (tertiary/aromatic N) is 3. The molecule has 0 aliphatic carbocycles. The van der Waals surface area contributed by atoms with Crippen LogP contribution in [0.2, 0.25) is 0 Å². The number of halogens is 1. The van der Waals surface area contributed by atoms with Crippen LogP contribution in [0.25, 0.3) is 5.70 Å². The second kappa shape index (κ2) is 20.9. The molecule has 1 fully saturated rings. The van der Waals surface area contributed by atoms with Gasteiger partial charge in [-0.1, -0.05) is 30.3 Å². The predicted octanol–water partition coefficient (Wildman–Crippen LogP) is 1.78. The zero-order valence-electron chi connectivity index (χ0n) is 27.9. The Morgan fingerprint density at radius 3 is 1.88 bits per heavy atom. The van der Waals surface area contributed by atoms with E-state index in [1.54, 1.807) is 21.9 Å². The smallest absolute Gasteiger partial charge is 0.305 e. The Hall–Kier alpha value is -4.50. The second-order valence-corrected chi connectivity index (χ2v) is 11.3. The number of piperazine rings is 1. The molecule has 2 heterocycles. The van der Waals surface area contributed by atoms with Crippen LogP contribution < -0.4 is 5.43 Å². The molecule has 0 saturated carbocycles. The summed E-state index contributed by atoms with van der Waals surface area (Å²) < 4.78 is 41.7. The molecule has 14 nitrogen and oxygen atoms in total. The van der Waals surface area contributed by atoms with Gasteiger partial charge >= 0.3 is 5.97 Å². The first-order valence-electron chi connectivity index (χ1n) is 16.5. The van der Waals surface area contributed by atoms with Gasteiger partial charge in [0.15, 0.2) is 5.94 Å². The SMILES string of the molecule is O=C=C1NN=C(Cc2ccc(F)c(C(=O)N3CCN(C(=O)CCOCCOCCOCCOCCOCCC(=O)O)CC3)c2)c2ccccc21. The molecule has 50 heavy (non-hydrogen) atoms. The summed E-state index contributed by atoms with van der Waals surface area (Å²) in [7, 11) is 0. The molecule has 2 aliphatic heterocycles. The Labute approximate surface area is 289 Å². The van der Waals surface area contributed by atoms with E-state index in [1.807, 2.05) is 24.1 Å². The highest BCUT2D eigenvalue weighted by atomic mass is 19.1. The van der Waals surface area contributed by atoms with E-state index in [4.69, 9.17) is 28.8 Å². The molecule has 0 bridgehead atoms. The molecule has 0 atom stereocenters. The van der Waals surface area contributed by atoms with E-state index in [-0.39, 0.29) is 56.3 Å². The summed E-state index contributed by atoms with van der Waals surface area (Å²) in [5.41, 5.74) is 5.69. The lowest BCUT2D eigenvalue weighted by atomic mass is 9.94. The molecule has 2 amide bonds. The molecule has 15 heteroatoms. The van der Waals surface area contributed by atoms with Crippen molar-refractivity contribution in [2.45, 2.75) is 19.3 Å². The first-order valence-corrected chi connectivity index (χ1v) is 16.5. The van der Waals surface area contributed by atoms with Gasteiger partial charge in [0.1, 0.15) is 11.5 Å². The van der Waals surface area contributed by atoms with E-state index in [0.29, 0.717) is 89.2 Å². The summed E-state index contributed by atoms with van der Waals surface area (Å²) in [6.45, 7) is 4.61. The number of carboxylic acid groups (broad SMARTS) is 1. The van der Waals surface area contributed by atoms with Crippen LogP contribution in [-0.2, 0) is 44.5 Å². The van der Waals surface area contributed by atoms with Crippen LogP contribution in [0.4, 0.5) is 4.39 Å². The van der Waals surface area contributed by atoms with Gasteiger partial charge in [-0.05, 0) is 17.7 Å². The van der Waals surface area contributed by atoms with Crippen molar-refractivity contribution < 1.29 is 52.4 Å². The van der Waals surface area contributed by atoms with Gasteiger partial charge in [0, 0.05) is 43.7 Å². The third-order valence-corrected chi connectivity index (χ3v) is 7.87. The van der Waals surface area contributed by atoms with Crippen molar-refractivity contribution in [3.8, 4) is 0 Å². The number of carbonyl (C=O) groups is 3. The maximum atomic E-state index is 14.8. The van der Waals surface area contributed by atoms with E-state index in [0.717, 1.165) is 5.56 Å². The number of hydrogen-bond acceptors (Lipinski definition) is 11. The molecule has 0 aromatic heterocycles. The number of nitrogens with one attached hydrogen (secondary N) is 1. The average Bonchev–Trinajstić information content (AvgIpc) is 3.13. The van der Waals surface area contributed by atoms with Gasteiger partial charge in [0.05, 0.1) is 90.2 Å². The molecular formula is C35H43FN4O10. The first kappa shape index (κ1) is 38.3. The van der Waals surface area contributed by atoms with Gasteiger partial charge < -0.3 is 38.6 Å². The molecule has 0 unspecified atom stereocenters. The van der Waals surface area contributed by atoms with E-state index in [9.17, 15) is 23.6 Å². The lowest BCUT2D eigenvalue weighted by Gasteiger charge is -2.35. The number of fused-ring (bicyclic) bond motifs is 1. The van der Waals surface area contributed by atoms with Crippen LogP contribution in [0.3, 0.4) is 0 Å². The molecule has 270 valence electrons. The third-order valence-electron chi connectivity index (χ3n) is 7.87. The van der Waals surface area contributed by atoms with Crippen molar-refractivity contribution in [2.75, 3.05) is 92.2 Å². The number of aliphatic carboxylic acids is 1. The number of rotatable bonds is 21. The largest absolute Gasteiger partial charge is 0.481 e. The highest BCUT2D eigenvalue weighted by Crippen LogP contribution is 2.23. The van der Waals surface area contributed by atoms with Crippen molar-refractivity contribution in [3.05, 3.63) is 70.5 Å². The van der Waals surface area contributed by atoms with Crippen molar-refractivity contribution in [1.29, 1.82) is 0 Å². The minimum Gasteiger partial charge on any atom is -0.481 e. The van der Waals surface area contributed by atoms with Crippen molar-refractivity contribution in [1.82, 2.24) is 15.2 Å². The quantitative estimate of drug-likeness (QED) is 0.144. The van der Waals surface area contributed by atoms with Crippen molar-refractivity contribution in [3.63, 3.8) is 0 Å². The van der Waals surface area contributed by atoms with E-state index in [1.165, 1.54) is 12.1 Å². The molecule has 2 N–H and O–H groups in total. The number of carboxylic acids is 1. The van der Waals surface area contributed by atoms with Crippen LogP contribution in [0.15, 0.2) is 47.6 Å². The molecule has 0 spiro atoms. The Morgan fingerprint density at radius 1 is 0.760 bits per heavy atom. The summed E-state index contributed by atoms with van der Waals surface area (Å²) in [6.07, 6.45) is 0.484. The van der Waals surface area contributed by atoms with E-state index in [2.05, 4.69) is 10.5 Å². The Bertz CT molecular complexity index is 1520. The summed E-state index contributed by atoms with van der Waals surface area (Å²) in [6, 6.07) is 11.7. The number of hydrogen-bond donors (Lipinski definition) is 2. The number of amides is 2. The summed E-state index contributed by atoms with van der Waals surface area (Å²) >= 11 is 0. The van der Waals surface area contributed by atoms with E-state index < -0.39 is 17.7 Å². The third kappa shape index (κ3) is 12.1. The monoisotopic (exact) mass is 698 g/mol. The van der Waals surface area contributed by atoms with E-state index >= 15 is 0 Å². The number of hydrazone groups is 1. The van der Waals surface area contributed by atoms with Crippen LogP contribution >= 0.6 is 0 Å². The minimum absolute atomic E-state index is 0.0305. The highest BCUT2D eigenvalue weighted by molar-refractivity contribution is 6.09. The second-order valence-electron chi connectivity index (χ2n) is 11.3. The van der Waals surface area contributed by atoms with Crippen LogP contribution in [-0.4, -0.2) is 137 Å². The zero-order chi connectivity index (χ0) is 35.6. The first-order chi connectivity index (χ1) is 24.4. The molecule has 1 saturated heterocycles. The normalized spacial score (nSPS) is 14.1. The van der Waals surface area contributed by atoms with Gasteiger partial charge in [-0.3, -0.25) is 19.8 Å². The van der Waals surface area contributed by atoms with Gasteiger partial charge in [0.2, 0.25) is 5.91 Å². The van der Waals surface area contributed by atoms with Gasteiger partial charge in [-0.15, -0.1) is 0 Å². The molecule has 0 radical (unpaired) electrons. The lowest BCUT2D eigenvalue weighted by molar-refractivity contribution is -0.138.